The highest BCUT2D eigenvalue weighted by atomic mass is 19.2. The lowest BCUT2D eigenvalue weighted by Gasteiger charge is -2.30. The molecule has 0 bridgehead atoms. The molecule has 100 valence electrons. The molecule has 0 fully saturated rings. The number of hydrogen-bond acceptors (Lipinski definition) is 2. The first kappa shape index (κ1) is 14.6. The smallest absolute Gasteiger partial charge is 0.309 e. The van der Waals surface area contributed by atoms with Gasteiger partial charge in [0.05, 0.1) is 5.92 Å². The lowest BCUT2D eigenvalue weighted by Crippen LogP contribution is -2.38. The third-order valence-electron chi connectivity index (χ3n) is 3.05. The van der Waals surface area contributed by atoms with Crippen LogP contribution in [0.5, 0.6) is 0 Å². The topological polar surface area (TPSA) is 57.5 Å². The molecule has 0 radical (unpaired) electrons. The molecule has 0 aromatic heterocycles. The molecule has 2 N–H and O–H groups in total. The van der Waals surface area contributed by atoms with E-state index in [1.54, 1.807) is 6.92 Å². The molecule has 0 saturated carbocycles. The molecule has 0 amide bonds. The average Bonchev–Trinajstić information content (AvgIpc) is 2.28. The summed E-state index contributed by atoms with van der Waals surface area (Å²) < 4.78 is 26.8. The van der Waals surface area contributed by atoms with Gasteiger partial charge in [0.15, 0.2) is 11.6 Å². The van der Waals surface area contributed by atoms with Crippen LogP contribution in [-0.4, -0.2) is 16.2 Å². The minimum absolute atomic E-state index is 0.179. The highest BCUT2D eigenvalue weighted by Gasteiger charge is 2.40. The van der Waals surface area contributed by atoms with E-state index in [0.717, 1.165) is 6.07 Å². The average molecular weight is 258 g/mol. The molecule has 1 rings (SSSR count). The Morgan fingerprint density at radius 2 is 2.06 bits per heavy atom. The van der Waals surface area contributed by atoms with E-state index in [1.165, 1.54) is 19.1 Å². The van der Waals surface area contributed by atoms with Crippen molar-refractivity contribution in [2.75, 3.05) is 0 Å². The molecule has 0 aliphatic carbocycles. The largest absolute Gasteiger partial charge is 0.481 e. The number of carbonyl (C=O) groups is 1. The SMILES string of the molecule is CCCC(C(=O)O)C(C)(O)c1cccc(F)c1F. The Morgan fingerprint density at radius 1 is 1.44 bits per heavy atom. The van der Waals surface area contributed by atoms with E-state index in [9.17, 15) is 18.7 Å². The first-order valence-electron chi connectivity index (χ1n) is 5.72. The molecular weight excluding hydrogens is 242 g/mol. The van der Waals surface area contributed by atoms with Crippen molar-refractivity contribution in [1.29, 1.82) is 0 Å². The van der Waals surface area contributed by atoms with Gasteiger partial charge >= 0.3 is 5.97 Å². The van der Waals surface area contributed by atoms with Crippen molar-refractivity contribution in [2.24, 2.45) is 5.92 Å². The van der Waals surface area contributed by atoms with Crippen LogP contribution in [-0.2, 0) is 10.4 Å². The van der Waals surface area contributed by atoms with E-state index in [1.807, 2.05) is 0 Å². The summed E-state index contributed by atoms with van der Waals surface area (Å²) in [5, 5.41) is 19.4. The summed E-state index contributed by atoms with van der Waals surface area (Å²) in [6, 6.07) is 3.36. The zero-order valence-corrected chi connectivity index (χ0v) is 10.3. The van der Waals surface area contributed by atoms with Gasteiger partial charge in [0.25, 0.3) is 0 Å². The Bertz CT molecular complexity index is 444. The summed E-state index contributed by atoms with van der Waals surface area (Å²) in [6.45, 7) is 2.95. The molecule has 1 aromatic rings. The maximum atomic E-state index is 13.6. The fourth-order valence-corrected chi connectivity index (χ4v) is 2.02. The van der Waals surface area contributed by atoms with Crippen LogP contribution in [0.15, 0.2) is 18.2 Å². The third-order valence-corrected chi connectivity index (χ3v) is 3.05. The summed E-state index contributed by atoms with van der Waals surface area (Å²) in [6.07, 6.45) is 0.697. The molecule has 0 saturated heterocycles. The van der Waals surface area contributed by atoms with Gasteiger partial charge < -0.3 is 10.2 Å². The number of aliphatic carboxylic acids is 1. The Balaban J connectivity index is 3.25. The van der Waals surface area contributed by atoms with Gasteiger partial charge in [0, 0.05) is 5.56 Å². The molecule has 5 heteroatoms. The predicted octanol–water partition coefficient (Wildman–Crippen LogP) is 2.67. The van der Waals surface area contributed by atoms with Gasteiger partial charge in [0.1, 0.15) is 5.60 Å². The molecule has 2 atom stereocenters. The lowest BCUT2D eigenvalue weighted by molar-refractivity contribution is -0.152. The maximum Gasteiger partial charge on any atom is 0.309 e. The van der Waals surface area contributed by atoms with Crippen LogP contribution in [0.1, 0.15) is 32.3 Å². The number of carboxylic acids is 1. The molecule has 0 aliphatic rings. The lowest BCUT2D eigenvalue weighted by atomic mass is 9.80. The summed E-state index contributed by atoms with van der Waals surface area (Å²) >= 11 is 0. The Kier molecular flexibility index (Phi) is 4.40. The molecule has 0 heterocycles. The number of rotatable bonds is 5. The van der Waals surface area contributed by atoms with Crippen molar-refractivity contribution in [2.45, 2.75) is 32.3 Å². The summed E-state index contributed by atoms with van der Waals surface area (Å²) in [7, 11) is 0. The van der Waals surface area contributed by atoms with Gasteiger partial charge in [-0.25, -0.2) is 8.78 Å². The van der Waals surface area contributed by atoms with Gasteiger partial charge in [-0.3, -0.25) is 4.79 Å². The molecule has 3 nitrogen and oxygen atoms in total. The fourth-order valence-electron chi connectivity index (χ4n) is 2.02. The van der Waals surface area contributed by atoms with Gasteiger partial charge in [-0.1, -0.05) is 25.5 Å². The van der Waals surface area contributed by atoms with Crippen LogP contribution in [0.2, 0.25) is 0 Å². The van der Waals surface area contributed by atoms with Gasteiger partial charge in [-0.05, 0) is 19.4 Å². The van der Waals surface area contributed by atoms with Crippen LogP contribution in [0.4, 0.5) is 8.78 Å². The maximum absolute atomic E-state index is 13.6. The first-order valence-corrected chi connectivity index (χ1v) is 5.72. The van der Waals surface area contributed by atoms with Crippen molar-refractivity contribution in [3.8, 4) is 0 Å². The number of carboxylic acid groups (broad SMARTS) is 1. The van der Waals surface area contributed by atoms with Crippen LogP contribution >= 0.6 is 0 Å². The van der Waals surface area contributed by atoms with Crippen LogP contribution in [0.25, 0.3) is 0 Å². The predicted molar refractivity (Wildman–Crippen MR) is 62.0 cm³/mol. The highest BCUT2D eigenvalue weighted by Crippen LogP contribution is 2.34. The Hall–Kier alpha value is -1.49. The van der Waals surface area contributed by atoms with Crippen molar-refractivity contribution in [3.63, 3.8) is 0 Å². The van der Waals surface area contributed by atoms with E-state index in [-0.39, 0.29) is 12.0 Å². The monoisotopic (exact) mass is 258 g/mol. The van der Waals surface area contributed by atoms with Gasteiger partial charge in [-0.2, -0.15) is 0 Å². The standard InChI is InChI=1S/C13H16F2O3/c1-3-5-9(12(16)17)13(2,18)8-6-4-7-10(14)11(8)15/h4,6-7,9,18H,3,5H2,1-2H3,(H,16,17). The Morgan fingerprint density at radius 3 is 2.56 bits per heavy atom. The number of halogens is 2. The molecule has 0 aliphatic heterocycles. The second-order valence-corrected chi connectivity index (χ2v) is 4.43. The zero-order valence-electron chi connectivity index (χ0n) is 10.3. The quantitative estimate of drug-likeness (QED) is 0.853. The van der Waals surface area contributed by atoms with Crippen molar-refractivity contribution in [1.82, 2.24) is 0 Å². The van der Waals surface area contributed by atoms with Gasteiger partial charge in [-0.15, -0.1) is 0 Å². The van der Waals surface area contributed by atoms with Crippen molar-refractivity contribution in [3.05, 3.63) is 35.4 Å². The number of aliphatic hydroxyl groups is 1. The van der Waals surface area contributed by atoms with E-state index in [2.05, 4.69) is 0 Å². The summed E-state index contributed by atoms with van der Waals surface area (Å²) in [4.78, 5) is 11.1. The number of hydrogen-bond donors (Lipinski definition) is 2. The van der Waals surface area contributed by atoms with Gasteiger partial charge in [0.2, 0.25) is 0 Å². The zero-order chi connectivity index (χ0) is 13.9. The molecule has 18 heavy (non-hydrogen) atoms. The van der Waals surface area contributed by atoms with E-state index >= 15 is 0 Å². The van der Waals surface area contributed by atoms with Crippen molar-refractivity contribution >= 4 is 5.97 Å². The highest BCUT2D eigenvalue weighted by molar-refractivity contribution is 5.72. The van der Waals surface area contributed by atoms with Crippen LogP contribution < -0.4 is 0 Å². The van der Waals surface area contributed by atoms with E-state index in [4.69, 9.17) is 5.11 Å². The second-order valence-electron chi connectivity index (χ2n) is 4.43. The molecule has 1 aromatic carbocycles. The molecular formula is C13H16F2O3. The third kappa shape index (κ3) is 2.67. The normalized spacial score (nSPS) is 16.1. The summed E-state index contributed by atoms with van der Waals surface area (Å²) in [5.41, 5.74) is -2.28. The molecule has 0 spiro atoms. The van der Waals surface area contributed by atoms with E-state index in [0.29, 0.717) is 6.42 Å². The molecule has 2 unspecified atom stereocenters. The van der Waals surface area contributed by atoms with Crippen LogP contribution in [0, 0.1) is 17.6 Å². The first-order chi connectivity index (χ1) is 8.32. The van der Waals surface area contributed by atoms with Crippen molar-refractivity contribution < 1.29 is 23.8 Å². The number of benzene rings is 1. The minimum Gasteiger partial charge on any atom is -0.481 e. The van der Waals surface area contributed by atoms with E-state index < -0.39 is 29.1 Å². The van der Waals surface area contributed by atoms with Crippen LogP contribution in [0.3, 0.4) is 0 Å². The Labute approximate surface area is 104 Å². The summed E-state index contributed by atoms with van der Waals surface area (Å²) in [5.74, 6) is -4.72. The second kappa shape index (κ2) is 5.44. The minimum atomic E-state index is -1.95. The fraction of sp³-hybridized carbons (Fsp3) is 0.462.